The Balaban J connectivity index is 1.73. The van der Waals surface area contributed by atoms with E-state index in [4.69, 9.17) is 10.5 Å². The van der Waals surface area contributed by atoms with Crippen LogP contribution in [0.2, 0.25) is 0 Å². The first kappa shape index (κ1) is 28.4. The number of hydrogen-bond acceptors (Lipinski definition) is 6. The molecular weight excluding hydrogens is 547 g/mol. The highest BCUT2D eigenvalue weighted by Gasteiger charge is 2.30. The molecule has 0 bridgehead atoms. The highest BCUT2D eigenvalue weighted by molar-refractivity contribution is 7.93. The first-order chi connectivity index (χ1) is 18.2. The molecule has 0 saturated heterocycles. The van der Waals surface area contributed by atoms with Crippen molar-refractivity contribution in [1.29, 1.82) is 0 Å². The van der Waals surface area contributed by atoms with Crippen molar-refractivity contribution in [1.82, 2.24) is 4.98 Å². The van der Waals surface area contributed by atoms with Crippen molar-refractivity contribution >= 4 is 32.2 Å². The number of thiazole rings is 1. The molecule has 0 spiro atoms. The van der Waals surface area contributed by atoms with Gasteiger partial charge >= 0.3 is 6.18 Å². The number of nitrogens with one attached hydrogen (secondary N) is 1. The number of anilines is 2. The minimum Gasteiger partial charge on any atom is -0.494 e. The molecule has 1 aromatic heterocycles. The summed E-state index contributed by atoms with van der Waals surface area (Å²) in [5, 5.41) is 0.0568. The van der Waals surface area contributed by atoms with Crippen LogP contribution in [0, 0.1) is 5.41 Å². The molecule has 6 nitrogen and oxygen atoms in total. The Morgan fingerprint density at radius 1 is 0.949 bits per heavy atom. The number of benzene rings is 3. The van der Waals surface area contributed by atoms with Gasteiger partial charge in [-0.3, -0.25) is 4.72 Å². The molecule has 39 heavy (non-hydrogen) atoms. The molecule has 3 N–H and O–H groups in total. The first-order valence-corrected chi connectivity index (χ1v) is 14.3. The third-order valence-corrected chi connectivity index (χ3v) is 8.21. The second kappa shape index (κ2) is 10.9. The fourth-order valence-corrected chi connectivity index (χ4v) is 5.90. The van der Waals surface area contributed by atoms with Gasteiger partial charge in [-0.25, -0.2) is 13.4 Å². The summed E-state index contributed by atoms with van der Waals surface area (Å²) in [7, 11) is -4.02. The van der Waals surface area contributed by atoms with E-state index in [9.17, 15) is 21.6 Å². The summed E-state index contributed by atoms with van der Waals surface area (Å²) in [6, 6.07) is 17.6. The van der Waals surface area contributed by atoms with Gasteiger partial charge in [0.2, 0.25) is 0 Å². The zero-order valence-electron chi connectivity index (χ0n) is 21.5. The largest absolute Gasteiger partial charge is 0.494 e. The van der Waals surface area contributed by atoms with E-state index >= 15 is 0 Å². The number of rotatable bonds is 8. The van der Waals surface area contributed by atoms with Crippen LogP contribution >= 0.6 is 11.3 Å². The molecule has 4 rings (SSSR count). The molecule has 0 radical (unpaired) electrons. The van der Waals surface area contributed by atoms with Crippen molar-refractivity contribution in [3.8, 4) is 27.4 Å². The summed E-state index contributed by atoms with van der Waals surface area (Å²) >= 11 is 1.07. The van der Waals surface area contributed by atoms with Gasteiger partial charge in [0.1, 0.15) is 5.75 Å². The van der Waals surface area contributed by atoms with E-state index in [1.54, 1.807) is 18.2 Å². The molecular formula is C28H28F3N3O3S2. The number of halogens is 3. The van der Waals surface area contributed by atoms with Crippen molar-refractivity contribution in [3.63, 3.8) is 0 Å². The van der Waals surface area contributed by atoms with Crippen LogP contribution in [-0.4, -0.2) is 20.0 Å². The Kier molecular flexibility index (Phi) is 7.94. The predicted molar refractivity (Wildman–Crippen MR) is 149 cm³/mol. The normalized spacial score (nSPS) is 12.4. The van der Waals surface area contributed by atoms with Crippen molar-refractivity contribution in [2.24, 2.45) is 5.41 Å². The van der Waals surface area contributed by atoms with E-state index in [2.05, 4.69) is 30.5 Å². The van der Waals surface area contributed by atoms with Crippen LogP contribution in [0.5, 0.6) is 5.75 Å². The van der Waals surface area contributed by atoms with Gasteiger partial charge in [0, 0.05) is 11.3 Å². The number of nitrogens with two attached hydrogens (primary N) is 1. The summed E-state index contributed by atoms with van der Waals surface area (Å²) in [6.07, 6.45) is -3.65. The number of alkyl halides is 3. The van der Waals surface area contributed by atoms with E-state index in [0.29, 0.717) is 34.1 Å². The molecule has 0 aliphatic rings. The minimum atomic E-state index is -4.49. The fraction of sp³-hybridized carbons (Fsp3) is 0.250. The Morgan fingerprint density at radius 3 is 2.28 bits per heavy atom. The highest BCUT2D eigenvalue weighted by atomic mass is 32.2. The maximum atomic E-state index is 13.2. The molecule has 1 heterocycles. The number of nitrogens with zero attached hydrogens (tertiary/aromatic N) is 1. The molecule has 0 fully saturated rings. The molecule has 0 amide bonds. The first-order valence-electron chi connectivity index (χ1n) is 12.0. The Bertz CT molecular complexity index is 1560. The van der Waals surface area contributed by atoms with Gasteiger partial charge in [0.15, 0.2) is 5.13 Å². The van der Waals surface area contributed by atoms with E-state index in [1.807, 2.05) is 12.1 Å². The topological polar surface area (TPSA) is 94.3 Å². The average molecular weight is 576 g/mol. The molecule has 4 aromatic rings. The van der Waals surface area contributed by atoms with Crippen molar-refractivity contribution in [2.45, 2.75) is 38.3 Å². The monoisotopic (exact) mass is 575 g/mol. The quantitative estimate of drug-likeness (QED) is 0.210. The SMILES string of the molecule is CC(C)(C)CCOc1cccc(-c2sc(NS(=O)(=O)c3cccc(N)c3)nc2-c2ccc(C(F)(F)F)cc2)c1. The lowest BCUT2D eigenvalue weighted by molar-refractivity contribution is -0.137. The number of sulfonamides is 1. The highest BCUT2D eigenvalue weighted by Crippen LogP contribution is 2.41. The van der Waals surface area contributed by atoms with Crippen LogP contribution in [0.15, 0.2) is 77.7 Å². The predicted octanol–water partition coefficient (Wildman–Crippen LogP) is 7.69. The lowest BCUT2D eigenvalue weighted by Gasteiger charge is -2.18. The third-order valence-electron chi connectivity index (χ3n) is 5.72. The number of ether oxygens (including phenoxy) is 1. The van der Waals surface area contributed by atoms with Crippen LogP contribution in [0.1, 0.15) is 32.8 Å². The van der Waals surface area contributed by atoms with Crippen molar-refractivity contribution < 1.29 is 26.3 Å². The van der Waals surface area contributed by atoms with Gasteiger partial charge in [0.25, 0.3) is 10.0 Å². The molecule has 0 saturated carbocycles. The molecule has 0 aliphatic carbocycles. The Morgan fingerprint density at radius 2 is 1.64 bits per heavy atom. The number of aromatic nitrogens is 1. The summed E-state index contributed by atoms with van der Waals surface area (Å²) in [5.41, 5.74) is 6.77. The van der Waals surface area contributed by atoms with E-state index in [0.717, 1.165) is 29.9 Å². The van der Waals surface area contributed by atoms with Crippen LogP contribution < -0.4 is 15.2 Å². The molecule has 11 heteroatoms. The average Bonchev–Trinajstić information content (AvgIpc) is 3.26. The summed E-state index contributed by atoms with van der Waals surface area (Å²) in [6.45, 7) is 6.86. The van der Waals surface area contributed by atoms with Crippen molar-refractivity contribution in [3.05, 3.63) is 78.4 Å². The van der Waals surface area contributed by atoms with Gasteiger partial charge in [0.05, 0.1) is 27.6 Å². The van der Waals surface area contributed by atoms with Crippen LogP contribution in [0.25, 0.3) is 21.7 Å². The Labute approximate surface area is 229 Å². The van der Waals surface area contributed by atoms with Gasteiger partial charge < -0.3 is 10.5 Å². The molecule has 3 aromatic carbocycles. The van der Waals surface area contributed by atoms with Crippen LogP contribution in [0.4, 0.5) is 24.0 Å². The van der Waals surface area contributed by atoms with Gasteiger partial charge in [-0.2, -0.15) is 13.2 Å². The number of hydrogen-bond donors (Lipinski definition) is 2. The summed E-state index contributed by atoms with van der Waals surface area (Å²) < 4.78 is 73.9. The van der Waals surface area contributed by atoms with E-state index in [-0.39, 0.29) is 21.1 Å². The van der Waals surface area contributed by atoms with Gasteiger partial charge in [-0.1, -0.05) is 62.4 Å². The lowest BCUT2D eigenvalue weighted by atomic mass is 9.93. The lowest BCUT2D eigenvalue weighted by Crippen LogP contribution is -2.13. The summed E-state index contributed by atoms with van der Waals surface area (Å²) in [5.74, 6) is 0.616. The Hall–Kier alpha value is -3.57. The maximum Gasteiger partial charge on any atom is 0.416 e. The third kappa shape index (κ3) is 7.30. The maximum absolute atomic E-state index is 13.2. The molecule has 206 valence electrons. The number of nitrogen functional groups attached to an aromatic ring is 1. The molecule has 0 unspecified atom stereocenters. The second-order valence-corrected chi connectivity index (χ2v) is 12.8. The smallest absolute Gasteiger partial charge is 0.416 e. The zero-order valence-corrected chi connectivity index (χ0v) is 23.2. The van der Waals surface area contributed by atoms with Crippen LogP contribution in [-0.2, 0) is 16.2 Å². The fourth-order valence-electron chi connectivity index (χ4n) is 3.63. The second-order valence-electron chi connectivity index (χ2n) is 10.1. The van der Waals surface area contributed by atoms with E-state index < -0.39 is 21.8 Å². The molecule has 0 atom stereocenters. The molecule has 0 aliphatic heterocycles. The zero-order chi connectivity index (χ0) is 28.4. The van der Waals surface area contributed by atoms with Crippen molar-refractivity contribution in [2.75, 3.05) is 17.1 Å². The van der Waals surface area contributed by atoms with Gasteiger partial charge in [-0.05, 0) is 59.9 Å². The van der Waals surface area contributed by atoms with Crippen LogP contribution in [0.3, 0.4) is 0 Å². The minimum absolute atomic E-state index is 0.0374. The summed E-state index contributed by atoms with van der Waals surface area (Å²) in [4.78, 5) is 5.01. The standard InChI is InChI=1S/C28H28F3N3O3S2/c1-27(2,3)14-15-37-22-8-4-6-19(16-22)25-24(18-10-12-20(13-11-18)28(29,30)31)33-26(38-25)34-39(35,36)23-9-5-7-21(32)17-23/h4-13,16-17H,14-15,32H2,1-3H3,(H,33,34). The van der Waals surface area contributed by atoms with E-state index in [1.165, 1.54) is 30.3 Å². The van der Waals surface area contributed by atoms with Gasteiger partial charge in [-0.15, -0.1) is 0 Å².